The maximum Gasteiger partial charge on any atom is 0.309 e. The zero-order chi connectivity index (χ0) is 11.6. The number of hydrogen-bond donors (Lipinski definition) is 1. The lowest BCUT2D eigenvalue weighted by Crippen LogP contribution is -2.44. The molecular formula is C12H20O4. The van der Waals surface area contributed by atoms with E-state index in [1.54, 1.807) is 7.11 Å². The molecule has 4 nitrogen and oxygen atoms in total. The fourth-order valence-corrected chi connectivity index (χ4v) is 2.71. The zero-order valence-corrected chi connectivity index (χ0v) is 9.83. The van der Waals surface area contributed by atoms with Gasteiger partial charge in [-0.05, 0) is 38.5 Å². The van der Waals surface area contributed by atoms with Crippen molar-refractivity contribution in [2.75, 3.05) is 20.3 Å². The molecule has 2 aliphatic rings. The quantitative estimate of drug-likeness (QED) is 0.780. The van der Waals surface area contributed by atoms with Crippen LogP contribution in [0, 0.1) is 5.41 Å². The number of rotatable bonds is 5. The van der Waals surface area contributed by atoms with Crippen molar-refractivity contribution in [1.82, 2.24) is 0 Å². The summed E-state index contributed by atoms with van der Waals surface area (Å²) in [5, 5.41) is 9.22. The number of carboxylic acid groups (broad SMARTS) is 1. The maximum atomic E-state index is 11.2. The Morgan fingerprint density at radius 3 is 2.56 bits per heavy atom. The predicted octanol–water partition coefficient (Wildman–Crippen LogP) is 1.83. The third-order valence-corrected chi connectivity index (χ3v) is 3.81. The van der Waals surface area contributed by atoms with Gasteiger partial charge in [-0.2, -0.15) is 0 Å². The molecule has 0 aromatic heterocycles. The minimum atomic E-state index is -0.669. The van der Waals surface area contributed by atoms with E-state index in [2.05, 4.69) is 0 Å². The SMILES string of the molecule is COCC1(CC2(C(=O)O)CC2)CCCCO1. The van der Waals surface area contributed by atoms with E-state index < -0.39 is 11.4 Å². The molecule has 1 aliphatic carbocycles. The van der Waals surface area contributed by atoms with Gasteiger partial charge in [-0.25, -0.2) is 0 Å². The first-order chi connectivity index (χ1) is 7.63. The second-order valence-corrected chi connectivity index (χ2v) is 5.18. The molecule has 1 aliphatic heterocycles. The van der Waals surface area contributed by atoms with Gasteiger partial charge in [0.05, 0.1) is 17.6 Å². The third kappa shape index (κ3) is 2.23. The summed E-state index contributed by atoms with van der Waals surface area (Å²) in [6.07, 6.45) is 5.30. The minimum absolute atomic E-state index is 0.345. The van der Waals surface area contributed by atoms with Gasteiger partial charge in [-0.3, -0.25) is 4.79 Å². The Hall–Kier alpha value is -0.610. The number of methoxy groups -OCH3 is 1. The highest BCUT2D eigenvalue weighted by Gasteiger charge is 2.55. The van der Waals surface area contributed by atoms with Crippen molar-refractivity contribution < 1.29 is 19.4 Å². The van der Waals surface area contributed by atoms with Gasteiger partial charge in [-0.15, -0.1) is 0 Å². The first-order valence-electron chi connectivity index (χ1n) is 5.99. The molecule has 0 radical (unpaired) electrons. The van der Waals surface area contributed by atoms with Crippen LogP contribution in [0.3, 0.4) is 0 Å². The highest BCUT2D eigenvalue weighted by Crippen LogP contribution is 2.53. The molecule has 4 heteroatoms. The van der Waals surface area contributed by atoms with Crippen molar-refractivity contribution in [1.29, 1.82) is 0 Å². The van der Waals surface area contributed by atoms with Gasteiger partial charge in [-0.1, -0.05) is 0 Å². The molecule has 1 heterocycles. The van der Waals surface area contributed by atoms with Crippen LogP contribution in [0.4, 0.5) is 0 Å². The lowest BCUT2D eigenvalue weighted by molar-refractivity contribution is -0.156. The number of ether oxygens (including phenoxy) is 2. The molecule has 0 amide bonds. The van der Waals surface area contributed by atoms with Crippen LogP contribution in [0.25, 0.3) is 0 Å². The van der Waals surface area contributed by atoms with Gasteiger partial charge in [0, 0.05) is 13.7 Å². The highest BCUT2D eigenvalue weighted by molar-refractivity contribution is 5.77. The van der Waals surface area contributed by atoms with Gasteiger partial charge < -0.3 is 14.6 Å². The number of carboxylic acids is 1. The van der Waals surface area contributed by atoms with Crippen molar-refractivity contribution in [3.05, 3.63) is 0 Å². The molecule has 1 saturated heterocycles. The van der Waals surface area contributed by atoms with Crippen molar-refractivity contribution in [3.63, 3.8) is 0 Å². The van der Waals surface area contributed by atoms with Gasteiger partial charge >= 0.3 is 5.97 Å². The molecule has 1 N–H and O–H groups in total. The zero-order valence-electron chi connectivity index (χ0n) is 9.83. The molecule has 16 heavy (non-hydrogen) atoms. The number of hydrogen-bond acceptors (Lipinski definition) is 3. The molecule has 0 aromatic carbocycles. The van der Waals surface area contributed by atoms with Crippen molar-refractivity contribution >= 4 is 5.97 Å². The predicted molar refractivity (Wildman–Crippen MR) is 58.3 cm³/mol. The molecule has 92 valence electrons. The average molecular weight is 228 g/mol. The first kappa shape index (κ1) is 11.9. The Labute approximate surface area is 95.9 Å². The molecule has 1 saturated carbocycles. The first-order valence-corrected chi connectivity index (χ1v) is 5.99. The van der Waals surface area contributed by atoms with E-state index in [4.69, 9.17) is 9.47 Å². The fourth-order valence-electron chi connectivity index (χ4n) is 2.71. The summed E-state index contributed by atoms with van der Waals surface area (Å²) in [6, 6.07) is 0. The fraction of sp³-hybridized carbons (Fsp3) is 0.917. The Morgan fingerprint density at radius 2 is 2.12 bits per heavy atom. The standard InChI is InChI=1S/C12H20O4/c1-15-9-12(4-2-3-7-16-12)8-11(5-6-11)10(13)14/h2-9H2,1H3,(H,13,14). The van der Waals surface area contributed by atoms with Crippen LogP contribution in [-0.2, 0) is 14.3 Å². The summed E-state index contributed by atoms with van der Waals surface area (Å²) in [6.45, 7) is 1.25. The highest BCUT2D eigenvalue weighted by atomic mass is 16.5. The van der Waals surface area contributed by atoms with Crippen LogP contribution < -0.4 is 0 Å². The Balaban J connectivity index is 2.04. The van der Waals surface area contributed by atoms with E-state index in [1.807, 2.05) is 0 Å². The van der Waals surface area contributed by atoms with Crippen LogP contribution in [0.2, 0.25) is 0 Å². The monoisotopic (exact) mass is 228 g/mol. The lowest BCUT2D eigenvalue weighted by atomic mass is 9.83. The van der Waals surface area contributed by atoms with Gasteiger partial charge in [0.15, 0.2) is 0 Å². The molecule has 1 atom stereocenters. The second-order valence-electron chi connectivity index (χ2n) is 5.18. The van der Waals surface area contributed by atoms with Crippen molar-refractivity contribution in [2.45, 2.75) is 44.1 Å². The van der Waals surface area contributed by atoms with Crippen LogP contribution >= 0.6 is 0 Å². The Bertz CT molecular complexity index is 259. The largest absolute Gasteiger partial charge is 0.481 e. The average Bonchev–Trinajstić information content (AvgIpc) is 3.00. The summed E-state index contributed by atoms with van der Waals surface area (Å²) in [4.78, 5) is 11.2. The summed E-state index contributed by atoms with van der Waals surface area (Å²) in [5.41, 5.74) is -0.863. The van der Waals surface area contributed by atoms with Gasteiger partial charge in [0.1, 0.15) is 0 Å². The topological polar surface area (TPSA) is 55.8 Å². The Morgan fingerprint density at radius 1 is 1.38 bits per heavy atom. The summed E-state index contributed by atoms with van der Waals surface area (Å²) in [5.74, 6) is -0.669. The van der Waals surface area contributed by atoms with E-state index in [0.29, 0.717) is 13.0 Å². The van der Waals surface area contributed by atoms with E-state index >= 15 is 0 Å². The molecule has 0 bridgehead atoms. The van der Waals surface area contributed by atoms with Crippen molar-refractivity contribution in [2.24, 2.45) is 5.41 Å². The third-order valence-electron chi connectivity index (χ3n) is 3.81. The number of carbonyl (C=O) groups is 1. The van der Waals surface area contributed by atoms with Crippen LogP contribution in [-0.4, -0.2) is 37.0 Å². The van der Waals surface area contributed by atoms with E-state index in [0.717, 1.165) is 38.7 Å². The van der Waals surface area contributed by atoms with Gasteiger partial charge in [0.25, 0.3) is 0 Å². The maximum absolute atomic E-state index is 11.2. The summed E-state index contributed by atoms with van der Waals surface area (Å²) in [7, 11) is 1.65. The van der Waals surface area contributed by atoms with Crippen molar-refractivity contribution in [3.8, 4) is 0 Å². The van der Waals surface area contributed by atoms with E-state index in [-0.39, 0.29) is 5.60 Å². The molecule has 0 spiro atoms. The molecular weight excluding hydrogens is 208 g/mol. The Kier molecular flexibility index (Phi) is 3.22. The molecule has 2 fully saturated rings. The molecule has 0 aromatic rings. The van der Waals surface area contributed by atoms with Crippen LogP contribution in [0.1, 0.15) is 38.5 Å². The smallest absolute Gasteiger partial charge is 0.309 e. The summed E-state index contributed by atoms with van der Waals surface area (Å²) < 4.78 is 11.1. The lowest BCUT2D eigenvalue weighted by Gasteiger charge is -2.38. The van der Waals surface area contributed by atoms with E-state index in [1.165, 1.54) is 0 Å². The van der Waals surface area contributed by atoms with Crippen LogP contribution in [0.15, 0.2) is 0 Å². The van der Waals surface area contributed by atoms with Gasteiger partial charge in [0.2, 0.25) is 0 Å². The van der Waals surface area contributed by atoms with E-state index in [9.17, 15) is 9.90 Å². The normalized spacial score (nSPS) is 32.3. The number of aliphatic carboxylic acids is 1. The van der Waals surface area contributed by atoms with Crippen LogP contribution in [0.5, 0.6) is 0 Å². The second kappa shape index (κ2) is 4.34. The molecule has 1 unspecified atom stereocenters. The summed E-state index contributed by atoms with van der Waals surface area (Å²) >= 11 is 0. The minimum Gasteiger partial charge on any atom is -0.481 e. The molecule has 2 rings (SSSR count).